The number of amides is 3. The second kappa shape index (κ2) is 6.33. The van der Waals surface area contributed by atoms with Crippen molar-refractivity contribution in [1.82, 2.24) is 10.2 Å². The Morgan fingerprint density at radius 1 is 1.12 bits per heavy atom. The van der Waals surface area contributed by atoms with E-state index in [0.717, 1.165) is 4.90 Å². The Morgan fingerprint density at radius 3 is 2.44 bits per heavy atom. The quantitative estimate of drug-likeness (QED) is 0.674. The van der Waals surface area contributed by atoms with Gasteiger partial charge in [-0.2, -0.15) is 0 Å². The van der Waals surface area contributed by atoms with Crippen molar-refractivity contribution in [2.45, 2.75) is 25.4 Å². The summed E-state index contributed by atoms with van der Waals surface area (Å²) in [6, 6.07) is 13.9. The second-order valence-corrected chi connectivity index (χ2v) is 6.58. The van der Waals surface area contributed by atoms with Crippen LogP contribution in [0.15, 0.2) is 54.6 Å². The minimum absolute atomic E-state index is 0.344. The number of Topliss-reactive ketones (excluding diaryl/α,β-unsaturated/α-hetero) is 1. The lowest BCUT2D eigenvalue weighted by Gasteiger charge is -2.24. The highest BCUT2D eigenvalue weighted by atomic mass is 35.5. The van der Waals surface area contributed by atoms with Gasteiger partial charge in [0, 0.05) is 10.6 Å². The highest BCUT2D eigenvalue weighted by molar-refractivity contribution is 6.31. The van der Waals surface area contributed by atoms with Crippen molar-refractivity contribution in [2.24, 2.45) is 0 Å². The van der Waals surface area contributed by atoms with E-state index in [1.54, 1.807) is 49.4 Å². The zero-order valence-electron chi connectivity index (χ0n) is 13.8. The maximum Gasteiger partial charge on any atom is 0.325 e. The molecule has 128 valence electrons. The van der Waals surface area contributed by atoms with E-state index >= 15 is 0 Å². The molecular weight excluding hydrogens is 340 g/mol. The normalized spacial score (nSPS) is 21.2. The first kappa shape index (κ1) is 17.2. The van der Waals surface area contributed by atoms with E-state index in [9.17, 15) is 14.4 Å². The third kappa shape index (κ3) is 2.91. The number of ketones is 1. The molecule has 3 rings (SSSR count). The zero-order chi connectivity index (χ0) is 18.2. The number of carbonyl (C=O) groups excluding carboxylic acids is 3. The average molecular weight is 357 g/mol. The molecule has 2 aromatic rings. The summed E-state index contributed by atoms with van der Waals surface area (Å²) in [5.41, 5.74) is -0.173. The summed E-state index contributed by atoms with van der Waals surface area (Å²) in [6.07, 6.45) is 0. The number of nitrogens with zero attached hydrogens (tertiary/aromatic N) is 1. The van der Waals surface area contributed by atoms with E-state index in [2.05, 4.69) is 5.32 Å². The van der Waals surface area contributed by atoms with Crippen LogP contribution in [0.1, 0.15) is 29.8 Å². The van der Waals surface area contributed by atoms with E-state index in [-0.39, 0.29) is 5.78 Å². The number of benzene rings is 2. The fraction of sp³-hybridized carbons (Fsp3) is 0.211. The summed E-state index contributed by atoms with van der Waals surface area (Å²) < 4.78 is 0. The van der Waals surface area contributed by atoms with E-state index in [1.165, 1.54) is 13.0 Å². The third-order valence-electron chi connectivity index (χ3n) is 4.45. The SMILES string of the molecule is C[C@H](C(=O)c1cccc(Cl)c1)N1C(=O)N[C@@](C)(c2ccccc2)C1=O. The van der Waals surface area contributed by atoms with Gasteiger partial charge in [-0.15, -0.1) is 0 Å². The molecule has 0 aliphatic carbocycles. The monoisotopic (exact) mass is 356 g/mol. The van der Waals surface area contributed by atoms with Crippen LogP contribution in [0.25, 0.3) is 0 Å². The van der Waals surface area contributed by atoms with E-state index in [0.29, 0.717) is 16.1 Å². The molecular formula is C19H17ClN2O3. The van der Waals surface area contributed by atoms with E-state index in [4.69, 9.17) is 11.6 Å². The molecule has 3 amide bonds. The van der Waals surface area contributed by atoms with Crippen LogP contribution in [0.2, 0.25) is 5.02 Å². The van der Waals surface area contributed by atoms with E-state index in [1.807, 2.05) is 6.07 Å². The number of carbonyl (C=O) groups is 3. The molecule has 1 N–H and O–H groups in total. The topological polar surface area (TPSA) is 66.5 Å². The first-order valence-corrected chi connectivity index (χ1v) is 8.23. The van der Waals surface area contributed by atoms with Crippen LogP contribution < -0.4 is 5.32 Å². The van der Waals surface area contributed by atoms with Crippen LogP contribution in [0.4, 0.5) is 4.79 Å². The third-order valence-corrected chi connectivity index (χ3v) is 4.68. The van der Waals surface area contributed by atoms with Gasteiger partial charge in [0.25, 0.3) is 5.91 Å². The van der Waals surface area contributed by atoms with Crippen LogP contribution in [-0.4, -0.2) is 28.7 Å². The maximum absolute atomic E-state index is 12.9. The van der Waals surface area contributed by atoms with Gasteiger partial charge in [0.05, 0.1) is 0 Å². The maximum atomic E-state index is 12.9. The fourth-order valence-corrected chi connectivity index (χ4v) is 3.17. The Morgan fingerprint density at radius 2 is 1.80 bits per heavy atom. The Labute approximate surface area is 150 Å². The summed E-state index contributed by atoms with van der Waals surface area (Å²) in [5, 5.41) is 3.12. The minimum Gasteiger partial charge on any atom is -0.319 e. The number of nitrogens with one attached hydrogen (secondary N) is 1. The number of imide groups is 1. The molecule has 0 bridgehead atoms. The Hall–Kier alpha value is -2.66. The summed E-state index contributed by atoms with van der Waals surface area (Å²) >= 11 is 5.92. The molecule has 0 radical (unpaired) electrons. The van der Waals surface area contributed by atoms with Crippen LogP contribution >= 0.6 is 11.6 Å². The second-order valence-electron chi connectivity index (χ2n) is 6.15. The van der Waals surface area contributed by atoms with E-state index < -0.39 is 23.5 Å². The van der Waals surface area contributed by atoms with Crippen LogP contribution in [0.3, 0.4) is 0 Å². The summed E-state index contributed by atoms with van der Waals surface area (Å²) in [4.78, 5) is 39.1. The van der Waals surface area contributed by atoms with Crippen molar-refractivity contribution < 1.29 is 14.4 Å². The number of hydrogen-bond acceptors (Lipinski definition) is 3. The van der Waals surface area contributed by atoms with Gasteiger partial charge >= 0.3 is 6.03 Å². The predicted octanol–water partition coefficient (Wildman–Crippen LogP) is 3.38. The first-order chi connectivity index (χ1) is 11.8. The predicted molar refractivity (Wildman–Crippen MR) is 94.4 cm³/mol. The van der Waals surface area contributed by atoms with Crippen LogP contribution in [-0.2, 0) is 10.3 Å². The van der Waals surface area contributed by atoms with Gasteiger partial charge in [0.2, 0.25) is 0 Å². The van der Waals surface area contributed by atoms with Crippen molar-refractivity contribution in [3.63, 3.8) is 0 Å². The molecule has 0 saturated carbocycles. The number of halogens is 1. The van der Waals surface area contributed by atoms with Gasteiger partial charge in [0.1, 0.15) is 11.6 Å². The molecule has 1 saturated heterocycles. The largest absolute Gasteiger partial charge is 0.325 e. The molecule has 5 nitrogen and oxygen atoms in total. The lowest BCUT2D eigenvalue weighted by atomic mass is 9.91. The van der Waals surface area contributed by atoms with Gasteiger partial charge in [0.15, 0.2) is 5.78 Å². The van der Waals surface area contributed by atoms with Crippen LogP contribution in [0.5, 0.6) is 0 Å². The Balaban J connectivity index is 1.91. The minimum atomic E-state index is -1.19. The van der Waals surface area contributed by atoms with Crippen molar-refractivity contribution in [3.05, 3.63) is 70.7 Å². The highest BCUT2D eigenvalue weighted by Gasteiger charge is 2.51. The molecule has 0 unspecified atom stereocenters. The number of rotatable bonds is 4. The first-order valence-electron chi connectivity index (χ1n) is 7.85. The van der Waals surface area contributed by atoms with Gasteiger partial charge in [-0.3, -0.25) is 14.5 Å². The molecule has 1 aliphatic heterocycles. The van der Waals surface area contributed by atoms with Crippen molar-refractivity contribution in [2.75, 3.05) is 0 Å². The molecule has 25 heavy (non-hydrogen) atoms. The van der Waals surface area contributed by atoms with Crippen molar-refractivity contribution >= 4 is 29.3 Å². The number of hydrogen-bond donors (Lipinski definition) is 1. The van der Waals surface area contributed by atoms with Crippen molar-refractivity contribution in [1.29, 1.82) is 0 Å². The molecule has 1 fully saturated rings. The molecule has 1 heterocycles. The average Bonchev–Trinajstić information content (AvgIpc) is 2.84. The fourth-order valence-electron chi connectivity index (χ4n) is 2.98. The molecule has 1 aliphatic rings. The molecule has 2 atom stereocenters. The molecule has 2 aromatic carbocycles. The molecule has 0 aromatic heterocycles. The Bertz CT molecular complexity index is 853. The lowest BCUT2D eigenvalue weighted by Crippen LogP contribution is -2.45. The van der Waals surface area contributed by atoms with Crippen molar-refractivity contribution in [3.8, 4) is 0 Å². The van der Waals surface area contributed by atoms with Gasteiger partial charge in [-0.1, -0.05) is 54.1 Å². The summed E-state index contributed by atoms with van der Waals surface area (Å²) in [5.74, 6) is -0.796. The highest BCUT2D eigenvalue weighted by Crippen LogP contribution is 2.30. The number of urea groups is 1. The van der Waals surface area contributed by atoms with Gasteiger partial charge < -0.3 is 5.32 Å². The van der Waals surface area contributed by atoms with Gasteiger partial charge in [-0.05, 0) is 31.5 Å². The van der Waals surface area contributed by atoms with Gasteiger partial charge in [-0.25, -0.2) is 4.79 Å². The molecule has 6 heteroatoms. The summed E-state index contributed by atoms with van der Waals surface area (Å²) in [6.45, 7) is 3.18. The smallest absolute Gasteiger partial charge is 0.319 e. The standard InChI is InChI=1S/C19H17ClN2O3/c1-12(16(23)13-7-6-10-15(20)11-13)22-17(24)19(2,21-18(22)25)14-8-4-3-5-9-14/h3-12H,1-2H3,(H,21,25)/t12-,19+/m1/s1. The lowest BCUT2D eigenvalue weighted by molar-refractivity contribution is -0.131. The molecule has 0 spiro atoms. The Kier molecular flexibility index (Phi) is 4.35. The zero-order valence-corrected chi connectivity index (χ0v) is 14.6. The summed E-state index contributed by atoms with van der Waals surface area (Å²) in [7, 11) is 0. The van der Waals surface area contributed by atoms with Crippen LogP contribution in [0, 0.1) is 0 Å².